The fraction of sp³-hybridized carbons (Fsp3) is 0.111. The van der Waals surface area contributed by atoms with Gasteiger partial charge < -0.3 is 4.74 Å². The van der Waals surface area contributed by atoms with E-state index in [9.17, 15) is 4.79 Å². The molecule has 2 aromatic carbocycles. The summed E-state index contributed by atoms with van der Waals surface area (Å²) in [7, 11) is 1.58. The van der Waals surface area contributed by atoms with Crippen molar-refractivity contribution in [3.63, 3.8) is 0 Å². The van der Waals surface area contributed by atoms with Crippen molar-refractivity contribution >= 4 is 12.2 Å². The van der Waals surface area contributed by atoms with Gasteiger partial charge >= 0.3 is 0 Å². The molecule has 0 unspecified atom stereocenters. The van der Waals surface area contributed by atoms with Crippen molar-refractivity contribution < 1.29 is 4.74 Å². The quantitative estimate of drug-likeness (QED) is 0.552. The van der Waals surface area contributed by atoms with E-state index in [0.29, 0.717) is 11.3 Å². The van der Waals surface area contributed by atoms with Gasteiger partial charge in [-0.05, 0) is 36.8 Å². The summed E-state index contributed by atoms with van der Waals surface area (Å²) in [4.78, 5) is 14.8. The lowest BCUT2D eigenvalue weighted by Gasteiger charge is -2.03. The molecule has 0 bridgehead atoms. The van der Waals surface area contributed by atoms with Gasteiger partial charge in [0.2, 0.25) is 5.95 Å². The summed E-state index contributed by atoms with van der Waals surface area (Å²) in [6.45, 7) is 2.02. The summed E-state index contributed by atoms with van der Waals surface area (Å²) in [5, 5.41) is 12.0. The number of aryl methyl sites for hydroxylation is 1. The number of aromatic nitrogens is 3. The van der Waals surface area contributed by atoms with E-state index in [0.717, 1.165) is 5.56 Å². The van der Waals surface area contributed by atoms with Crippen molar-refractivity contribution in [3.8, 4) is 17.0 Å². The van der Waals surface area contributed by atoms with E-state index in [4.69, 9.17) is 4.74 Å². The average Bonchev–Trinajstić information content (AvgIpc) is 2.64. The Kier molecular flexibility index (Phi) is 4.84. The normalized spacial score (nSPS) is 10.8. The largest absolute Gasteiger partial charge is 0.497 e. The summed E-state index contributed by atoms with van der Waals surface area (Å²) in [6.07, 6.45) is 1.64. The average molecular weight is 335 g/mol. The molecule has 7 nitrogen and oxygen atoms in total. The van der Waals surface area contributed by atoms with Gasteiger partial charge in [-0.2, -0.15) is 5.10 Å². The highest BCUT2D eigenvalue weighted by Crippen LogP contribution is 2.17. The van der Waals surface area contributed by atoms with E-state index in [1.807, 2.05) is 31.2 Å². The Labute approximate surface area is 144 Å². The second-order valence-corrected chi connectivity index (χ2v) is 5.36. The van der Waals surface area contributed by atoms with E-state index < -0.39 is 0 Å². The van der Waals surface area contributed by atoms with Crippen LogP contribution in [-0.4, -0.2) is 28.5 Å². The molecule has 0 aliphatic heterocycles. The number of hydrogen-bond donors (Lipinski definition) is 2. The Balaban J connectivity index is 1.73. The fourth-order valence-electron chi connectivity index (χ4n) is 2.15. The third kappa shape index (κ3) is 4.08. The number of nitrogens with zero attached hydrogens (tertiary/aromatic N) is 3. The number of nitrogens with one attached hydrogen (secondary N) is 2. The summed E-state index contributed by atoms with van der Waals surface area (Å²) in [6, 6.07) is 14.9. The van der Waals surface area contributed by atoms with Gasteiger partial charge in [0.05, 0.1) is 13.3 Å². The van der Waals surface area contributed by atoms with Crippen molar-refractivity contribution in [3.05, 3.63) is 70.0 Å². The fourth-order valence-corrected chi connectivity index (χ4v) is 2.15. The lowest BCUT2D eigenvalue weighted by molar-refractivity contribution is 0.415. The molecule has 1 aromatic heterocycles. The Morgan fingerprint density at radius 3 is 2.44 bits per heavy atom. The summed E-state index contributed by atoms with van der Waals surface area (Å²) >= 11 is 0. The minimum absolute atomic E-state index is 0.172. The molecule has 0 amide bonds. The Morgan fingerprint density at radius 2 is 1.80 bits per heavy atom. The highest BCUT2D eigenvalue weighted by Gasteiger charge is 2.07. The number of ether oxygens (including phenoxy) is 1. The van der Waals surface area contributed by atoms with Gasteiger partial charge in [-0.3, -0.25) is 9.78 Å². The zero-order valence-electron chi connectivity index (χ0n) is 13.9. The third-order valence-corrected chi connectivity index (χ3v) is 3.52. The van der Waals surface area contributed by atoms with Crippen LogP contribution < -0.4 is 15.7 Å². The molecule has 2 N–H and O–H groups in total. The van der Waals surface area contributed by atoms with Crippen LogP contribution in [0.1, 0.15) is 11.1 Å². The molecule has 0 atom stereocenters. The maximum absolute atomic E-state index is 12.2. The summed E-state index contributed by atoms with van der Waals surface area (Å²) in [5.41, 5.74) is 5.31. The van der Waals surface area contributed by atoms with E-state index in [1.165, 1.54) is 5.56 Å². The molecule has 3 aromatic rings. The second-order valence-electron chi connectivity index (χ2n) is 5.36. The monoisotopic (exact) mass is 335 g/mol. The first-order valence-electron chi connectivity index (χ1n) is 7.63. The lowest BCUT2D eigenvalue weighted by atomic mass is 10.1. The molecular formula is C18H17N5O2. The number of hydrazone groups is 1. The Bertz CT molecular complexity index is 931. The predicted octanol–water partition coefficient (Wildman–Crippen LogP) is 2.59. The number of anilines is 1. The summed E-state index contributed by atoms with van der Waals surface area (Å²) < 4.78 is 5.09. The minimum atomic E-state index is -0.354. The number of hydrogen-bond acceptors (Lipinski definition) is 6. The topological polar surface area (TPSA) is 92.3 Å². The SMILES string of the molecule is COc1ccc(-c2nnc(N/N=C/c3ccc(C)cc3)[nH]c2=O)cc1. The first-order chi connectivity index (χ1) is 12.2. The molecular weight excluding hydrogens is 318 g/mol. The van der Waals surface area contributed by atoms with Crippen LogP contribution in [0.15, 0.2) is 58.4 Å². The molecule has 0 spiro atoms. The maximum Gasteiger partial charge on any atom is 0.279 e. The van der Waals surface area contributed by atoms with Crippen molar-refractivity contribution in [1.29, 1.82) is 0 Å². The van der Waals surface area contributed by atoms with Crippen LogP contribution >= 0.6 is 0 Å². The van der Waals surface area contributed by atoms with Gasteiger partial charge in [0, 0.05) is 5.56 Å². The van der Waals surface area contributed by atoms with Gasteiger partial charge in [0.25, 0.3) is 5.56 Å². The molecule has 0 saturated heterocycles. The standard InChI is InChI=1S/C18H17N5O2/c1-12-3-5-13(6-4-12)11-19-22-18-20-17(24)16(21-23-18)14-7-9-15(25-2)10-8-14/h3-11H,1-2H3,(H2,20,22,23,24)/b19-11+. The van der Waals surface area contributed by atoms with Crippen molar-refractivity contribution in [2.45, 2.75) is 6.92 Å². The van der Waals surface area contributed by atoms with Crippen LogP contribution in [-0.2, 0) is 0 Å². The lowest BCUT2D eigenvalue weighted by Crippen LogP contribution is -2.15. The predicted molar refractivity (Wildman–Crippen MR) is 97.0 cm³/mol. The Hall–Kier alpha value is -3.48. The van der Waals surface area contributed by atoms with Crippen molar-refractivity contribution in [2.24, 2.45) is 5.10 Å². The smallest absolute Gasteiger partial charge is 0.279 e. The summed E-state index contributed by atoms with van der Waals surface area (Å²) in [5.74, 6) is 0.877. The molecule has 3 rings (SSSR count). The molecule has 0 aliphatic rings. The first kappa shape index (κ1) is 16.4. The molecule has 0 saturated carbocycles. The van der Waals surface area contributed by atoms with Crippen molar-refractivity contribution in [1.82, 2.24) is 15.2 Å². The molecule has 0 fully saturated rings. The molecule has 0 aliphatic carbocycles. The van der Waals surface area contributed by atoms with Gasteiger partial charge in [0.15, 0.2) is 5.69 Å². The molecule has 0 radical (unpaired) electrons. The molecule has 126 valence electrons. The maximum atomic E-state index is 12.2. The number of methoxy groups -OCH3 is 1. The third-order valence-electron chi connectivity index (χ3n) is 3.52. The van der Waals surface area contributed by atoms with E-state index >= 15 is 0 Å². The van der Waals surface area contributed by atoms with Gasteiger partial charge in [-0.15, -0.1) is 10.2 Å². The van der Waals surface area contributed by atoms with Gasteiger partial charge in [-0.1, -0.05) is 29.8 Å². The zero-order chi connectivity index (χ0) is 17.6. The van der Waals surface area contributed by atoms with Crippen LogP contribution in [0.5, 0.6) is 5.75 Å². The molecule has 7 heteroatoms. The molecule has 25 heavy (non-hydrogen) atoms. The number of benzene rings is 2. The van der Waals surface area contributed by atoms with E-state index in [2.05, 4.69) is 25.7 Å². The van der Waals surface area contributed by atoms with Gasteiger partial charge in [-0.25, -0.2) is 5.43 Å². The van der Waals surface area contributed by atoms with Crippen LogP contribution in [0.3, 0.4) is 0 Å². The van der Waals surface area contributed by atoms with Gasteiger partial charge in [0.1, 0.15) is 5.75 Å². The van der Waals surface area contributed by atoms with Crippen LogP contribution in [0.25, 0.3) is 11.3 Å². The number of rotatable bonds is 5. The zero-order valence-corrected chi connectivity index (χ0v) is 13.9. The van der Waals surface area contributed by atoms with Crippen LogP contribution in [0.4, 0.5) is 5.95 Å². The van der Waals surface area contributed by atoms with Crippen LogP contribution in [0.2, 0.25) is 0 Å². The van der Waals surface area contributed by atoms with E-state index in [1.54, 1.807) is 37.6 Å². The minimum Gasteiger partial charge on any atom is -0.497 e. The highest BCUT2D eigenvalue weighted by molar-refractivity contribution is 5.80. The van der Waals surface area contributed by atoms with E-state index in [-0.39, 0.29) is 17.2 Å². The number of H-pyrrole nitrogens is 1. The van der Waals surface area contributed by atoms with Crippen LogP contribution in [0, 0.1) is 6.92 Å². The highest BCUT2D eigenvalue weighted by atomic mass is 16.5. The molecule has 1 heterocycles. The second kappa shape index (κ2) is 7.39. The first-order valence-corrected chi connectivity index (χ1v) is 7.63. The Morgan fingerprint density at radius 1 is 1.08 bits per heavy atom. The number of aromatic amines is 1. The van der Waals surface area contributed by atoms with Crippen molar-refractivity contribution in [2.75, 3.05) is 12.5 Å².